The Balaban J connectivity index is 1.41. The van der Waals surface area contributed by atoms with Crippen LogP contribution in [-0.2, 0) is 11.2 Å². The highest BCUT2D eigenvalue weighted by molar-refractivity contribution is 5.76. The number of ether oxygens (including phenoxy) is 1. The first kappa shape index (κ1) is 15.5. The fourth-order valence-electron chi connectivity index (χ4n) is 2.91. The van der Waals surface area contributed by atoms with E-state index >= 15 is 0 Å². The average Bonchev–Trinajstić information content (AvgIpc) is 3.05. The SMILES string of the molecule is O=C(CCCc1ccccc1)N1CCC(Oc2cccnc2)C1. The van der Waals surface area contributed by atoms with E-state index in [0.717, 1.165) is 31.6 Å². The van der Waals surface area contributed by atoms with Crippen LogP contribution in [0, 0.1) is 0 Å². The van der Waals surface area contributed by atoms with Gasteiger partial charge in [0.25, 0.3) is 0 Å². The summed E-state index contributed by atoms with van der Waals surface area (Å²) < 4.78 is 5.87. The number of pyridine rings is 1. The molecule has 1 aromatic carbocycles. The highest BCUT2D eigenvalue weighted by Gasteiger charge is 2.27. The van der Waals surface area contributed by atoms with E-state index in [1.165, 1.54) is 5.56 Å². The molecule has 4 heteroatoms. The number of carbonyl (C=O) groups is 1. The smallest absolute Gasteiger partial charge is 0.222 e. The monoisotopic (exact) mass is 310 g/mol. The molecule has 23 heavy (non-hydrogen) atoms. The second-order valence-electron chi connectivity index (χ2n) is 5.90. The van der Waals surface area contributed by atoms with Crippen LogP contribution in [0.25, 0.3) is 0 Å². The van der Waals surface area contributed by atoms with Crippen LogP contribution in [0.4, 0.5) is 0 Å². The van der Waals surface area contributed by atoms with Crippen LogP contribution in [0.5, 0.6) is 5.75 Å². The Morgan fingerprint density at radius 2 is 2.09 bits per heavy atom. The lowest BCUT2D eigenvalue weighted by atomic mass is 10.1. The minimum atomic E-state index is 0.0808. The van der Waals surface area contributed by atoms with Crippen molar-refractivity contribution in [3.63, 3.8) is 0 Å². The molecular weight excluding hydrogens is 288 g/mol. The zero-order valence-electron chi connectivity index (χ0n) is 13.2. The van der Waals surface area contributed by atoms with Crippen molar-refractivity contribution in [2.45, 2.75) is 31.8 Å². The molecule has 0 spiro atoms. The number of aryl methyl sites for hydroxylation is 1. The summed E-state index contributed by atoms with van der Waals surface area (Å²) in [4.78, 5) is 18.3. The molecule has 0 N–H and O–H groups in total. The summed E-state index contributed by atoms with van der Waals surface area (Å²) in [7, 11) is 0. The van der Waals surface area contributed by atoms with Gasteiger partial charge in [0, 0.05) is 25.6 Å². The molecule has 1 fully saturated rings. The van der Waals surface area contributed by atoms with Crippen molar-refractivity contribution >= 4 is 5.91 Å². The fourth-order valence-corrected chi connectivity index (χ4v) is 2.91. The summed E-state index contributed by atoms with van der Waals surface area (Å²) >= 11 is 0. The summed E-state index contributed by atoms with van der Waals surface area (Å²) in [6.45, 7) is 1.47. The molecule has 1 saturated heterocycles. The van der Waals surface area contributed by atoms with Crippen molar-refractivity contribution in [1.29, 1.82) is 0 Å². The summed E-state index contributed by atoms with van der Waals surface area (Å²) in [5, 5.41) is 0. The maximum Gasteiger partial charge on any atom is 0.222 e. The highest BCUT2D eigenvalue weighted by Crippen LogP contribution is 2.18. The molecule has 0 aliphatic carbocycles. The average molecular weight is 310 g/mol. The van der Waals surface area contributed by atoms with Crippen molar-refractivity contribution < 1.29 is 9.53 Å². The first-order valence-electron chi connectivity index (χ1n) is 8.19. The van der Waals surface area contributed by atoms with Gasteiger partial charge in [-0.15, -0.1) is 0 Å². The zero-order chi connectivity index (χ0) is 15.9. The van der Waals surface area contributed by atoms with E-state index in [4.69, 9.17) is 4.74 Å². The van der Waals surface area contributed by atoms with E-state index in [1.54, 1.807) is 12.4 Å². The molecule has 120 valence electrons. The Morgan fingerprint density at radius 3 is 2.87 bits per heavy atom. The molecule has 0 radical (unpaired) electrons. The summed E-state index contributed by atoms with van der Waals surface area (Å²) in [5.41, 5.74) is 1.29. The number of carbonyl (C=O) groups excluding carboxylic acids is 1. The number of rotatable bonds is 6. The Kier molecular flexibility index (Phi) is 5.25. The summed E-state index contributed by atoms with van der Waals surface area (Å²) in [6.07, 6.45) is 6.86. The third kappa shape index (κ3) is 4.55. The Morgan fingerprint density at radius 1 is 1.22 bits per heavy atom. The van der Waals surface area contributed by atoms with E-state index in [9.17, 15) is 4.79 Å². The second kappa shape index (κ2) is 7.77. The molecular formula is C19H22N2O2. The van der Waals surface area contributed by atoms with Crippen molar-refractivity contribution in [2.24, 2.45) is 0 Å². The summed E-state index contributed by atoms with van der Waals surface area (Å²) in [6, 6.07) is 14.1. The predicted molar refractivity (Wildman–Crippen MR) is 89.2 cm³/mol. The van der Waals surface area contributed by atoms with Gasteiger partial charge in [-0.05, 0) is 30.5 Å². The summed E-state index contributed by atoms with van der Waals surface area (Å²) in [5.74, 6) is 1.01. The number of amides is 1. The molecule has 1 aromatic heterocycles. The molecule has 0 bridgehead atoms. The lowest BCUT2D eigenvalue weighted by Crippen LogP contribution is -2.30. The first-order valence-corrected chi connectivity index (χ1v) is 8.19. The van der Waals surface area contributed by atoms with E-state index in [0.29, 0.717) is 13.0 Å². The van der Waals surface area contributed by atoms with Gasteiger partial charge in [0.15, 0.2) is 0 Å². The number of hydrogen-bond acceptors (Lipinski definition) is 3. The number of nitrogens with zero attached hydrogens (tertiary/aromatic N) is 2. The van der Waals surface area contributed by atoms with Crippen LogP contribution in [0.2, 0.25) is 0 Å². The largest absolute Gasteiger partial charge is 0.487 e. The molecule has 2 heterocycles. The Bertz CT molecular complexity index is 616. The van der Waals surface area contributed by atoms with Crippen molar-refractivity contribution in [3.8, 4) is 5.75 Å². The topological polar surface area (TPSA) is 42.4 Å². The van der Waals surface area contributed by atoms with Gasteiger partial charge in [-0.2, -0.15) is 0 Å². The third-order valence-corrected chi connectivity index (χ3v) is 4.13. The third-order valence-electron chi connectivity index (χ3n) is 4.13. The van der Waals surface area contributed by atoms with Crippen LogP contribution in [0.3, 0.4) is 0 Å². The van der Waals surface area contributed by atoms with Gasteiger partial charge in [0.1, 0.15) is 11.9 Å². The quantitative estimate of drug-likeness (QED) is 0.823. The number of aromatic nitrogens is 1. The standard InChI is InChI=1S/C19H22N2O2/c22-19(10-4-8-16-6-2-1-3-7-16)21-13-11-18(15-21)23-17-9-5-12-20-14-17/h1-3,5-7,9,12,14,18H,4,8,10-11,13,15H2. The molecule has 0 saturated carbocycles. The van der Waals surface area contributed by atoms with Crippen molar-refractivity contribution in [2.75, 3.05) is 13.1 Å². The Labute approximate surface area is 137 Å². The van der Waals surface area contributed by atoms with Gasteiger partial charge in [-0.1, -0.05) is 30.3 Å². The molecule has 1 aliphatic rings. The molecule has 2 aromatic rings. The zero-order valence-corrected chi connectivity index (χ0v) is 13.2. The normalized spacial score (nSPS) is 17.2. The minimum absolute atomic E-state index is 0.0808. The second-order valence-corrected chi connectivity index (χ2v) is 5.90. The number of hydrogen-bond donors (Lipinski definition) is 0. The van der Waals surface area contributed by atoms with Crippen LogP contribution in [0.15, 0.2) is 54.9 Å². The number of likely N-dealkylation sites (tertiary alicyclic amines) is 1. The maximum absolute atomic E-state index is 12.3. The van der Waals surface area contributed by atoms with Crippen LogP contribution < -0.4 is 4.74 Å². The molecule has 1 atom stereocenters. The maximum atomic E-state index is 12.3. The van der Waals surface area contributed by atoms with Gasteiger partial charge in [0.05, 0.1) is 12.7 Å². The van der Waals surface area contributed by atoms with E-state index < -0.39 is 0 Å². The van der Waals surface area contributed by atoms with Gasteiger partial charge in [0.2, 0.25) is 5.91 Å². The van der Waals surface area contributed by atoms with Crippen LogP contribution in [-0.4, -0.2) is 35.0 Å². The first-order chi connectivity index (χ1) is 11.3. The number of benzene rings is 1. The highest BCUT2D eigenvalue weighted by atomic mass is 16.5. The van der Waals surface area contributed by atoms with Gasteiger partial charge in [-0.25, -0.2) is 0 Å². The minimum Gasteiger partial charge on any atom is -0.487 e. The van der Waals surface area contributed by atoms with Gasteiger partial charge < -0.3 is 9.64 Å². The van der Waals surface area contributed by atoms with E-state index in [1.807, 2.05) is 35.2 Å². The molecule has 1 aliphatic heterocycles. The van der Waals surface area contributed by atoms with E-state index in [2.05, 4.69) is 17.1 Å². The lowest BCUT2D eigenvalue weighted by molar-refractivity contribution is -0.130. The molecule has 3 rings (SSSR count). The van der Waals surface area contributed by atoms with Gasteiger partial charge >= 0.3 is 0 Å². The Hall–Kier alpha value is -2.36. The molecule has 1 amide bonds. The van der Waals surface area contributed by atoms with E-state index in [-0.39, 0.29) is 12.0 Å². The van der Waals surface area contributed by atoms with Crippen LogP contribution >= 0.6 is 0 Å². The van der Waals surface area contributed by atoms with Gasteiger partial charge in [-0.3, -0.25) is 9.78 Å². The van der Waals surface area contributed by atoms with Crippen molar-refractivity contribution in [1.82, 2.24) is 9.88 Å². The van der Waals surface area contributed by atoms with Crippen molar-refractivity contribution in [3.05, 3.63) is 60.4 Å². The molecule has 4 nitrogen and oxygen atoms in total. The molecule has 1 unspecified atom stereocenters. The lowest BCUT2D eigenvalue weighted by Gasteiger charge is -2.17. The van der Waals surface area contributed by atoms with Crippen LogP contribution in [0.1, 0.15) is 24.8 Å². The predicted octanol–water partition coefficient (Wildman–Crippen LogP) is 3.08. The fraction of sp³-hybridized carbons (Fsp3) is 0.368.